The van der Waals surface area contributed by atoms with Gasteiger partial charge in [-0.05, 0) is 12.1 Å². The van der Waals surface area contributed by atoms with Crippen LogP contribution in [-0.2, 0) is 4.74 Å². The van der Waals surface area contributed by atoms with Gasteiger partial charge in [-0.25, -0.2) is 0 Å². The molecule has 5 atom stereocenters. The predicted molar refractivity (Wildman–Crippen MR) is 117 cm³/mol. The molecule has 1 aliphatic heterocycles. The maximum Gasteiger partial charge on any atom is 0.229 e. The van der Waals surface area contributed by atoms with Crippen molar-refractivity contribution in [2.45, 2.75) is 30.7 Å². The van der Waals surface area contributed by atoms with E-state index in [0.717, 1.165) is 0 Å². The second-order valence-electron chi connectivity index (χ2n) is 7.62. The lowest BCUT2D eigenvalue weighted by Crippen LogP contribution is -2.60. The van der Waals surface area contributed by atoms with Gasteiger partial charge in [-0.2, -0.15) is 0 Å². The number of aliphatic hydroxyl groups excluding tert-OH is 4. The van der Waals surface area contributed by atoms with E-state index < -0.39 is 42.7 Å². The van der Waals surface area contributed by atoms with Gasteiger partial charge in [0.25, 0.3) is 0 Å². The molecular formula is C23H24O11. The number of ether oxygens (including phenoxy) is 4. The Hall–Kier alpha value is -3.35. The number of benzene rings is 2. The summed E-state index contributed by atoms with van der Waals surface area (Å²) >= 11 is 0. The molecule has 11 nitrogen and oxygen atoms in total. The van der Waals surface area contributed by atoms with Crippen LogP contribution in [0.3, 0.4) is 0 Å². The molecule has 3 aromatic rings. The Kier molecular flexibility index (Phi) is 6.64. The fourth-order valence-corrected chi connectivity index (χ4v) is 3.82. The van der Waals surface area contributed by atoms with E-state index >= 15 is 0 Å². The van der Waals surface area contributed by atoms with Gasteiger partial charge >= 0.3 is 0 Å². The molecule has 0 radical (unpaired) electrons. The average Bonchev–Trinajstić information content (AvgIpc) is 2.84. The first-order valence-electron chi connectivity index (χ1n) is 10.3. The number of hydrogen-bond acceptors (Lipinski definition) is 11. The van der Waals surface area contributed by atoms with Crippen LogP contribution in [0.2, 0.25) is 0 Å². The number of para-hydroxylation sites is 1. The molecule has 5 unspecified atom stereocenters. The highest BCUT2D eigenvalue weighted by Gasteiger charge is 2.45. The summed E-state index contributed by atoms with van der Waals surface area (Å²) in [4.78, 5) is 13.0. The summed E-state index contributed by atoms with van der Waals surface area (Å²) in [6, 6.07) is 8.78. The van der Waals surface area contributed by atoms with E-state index in [1.807, 2.05) is 0 Å². The van der Waals surface area contributed by atoms with Crippen molar-refractivity contribution in [2.75, 3.05) is 20.8 Å². The van der Waals surface area contributed by atoms with E-state index in [0.29, 0.717) is 0 Å². The van der Waals surface area contributed by atoms with Crippen LogP contribution in [0.5, 0.6) is 23.0 Å². The van der Waals surface area contributed by atoms with E-state index in [1.54, 1.807) is 18.2 Å². The monoisotopic (exact) mass is 476 g/mol. The quantitative estimate of drug-likeness (QED) is 0.333. The van der Waals surface area contributed by atoms with Crippen LogP contribution in [0.1, 0.15) is 0 Å². The minimum atomic E-state index is -1.63. The lowest BCUT2D eigenvalue weighted by atomic mass is 9.99. The summed E-state index contributed by atoms with van der Waals surface area (Å²) in [5.74, 6) is 0.0359. The maximum atomic E-state index is 13.0. The van der Waals surface area contributed by atoms with E-state index in [9.17, 15) is 30.3 Å². The zero-order valence-corrected chi connectivity index (χ0v) is 18.2. The van der Waals surface area contributed by atoms with Crippen LogP contribution in [0.15, 0.2) is 45.6 Å². The minimum absolute atomic E-state index is 0.0181. The molecule has 0 amide bonds. The van der Waals surface area contributed by atoms with Gasteiger partial charge < -0.3 is 48.9 Å². The highest BCUT2D eigenvalue weighted by Crippen LogP contribution is 2.41. The minimum Gasteiger partial charge on any atom is -0.504 e. The highest BCUT2D eigenvalue weighted by atomic mass is 16.7. The molecule has 0 aliphatic carbocycles. The summed E-state index contributed by atoms with van der Waals surface area (Å²) < 4.78 is 27.4. The molecule has 0 spiro atoms. The fraction of sp³-hybridized carbons (Fsp3) is 0.348. The largest absolute Gasteiger partial charge is 0.504 e. The molecule has 182 valence electrons. The molecule has 1 fully saturated rings. The fourth-order valence-electron chi connectivity index (χ4n) is 3.82. The summed E-state index contributed by atoms with van der Waals surface area (Å²) in [7, 11) is 2.72. The number of aromatic hydroxyl groups is 1. The van der Waals surface area contributed by atoms with Crippen molar-refractivity contribution >= 4 is 11.0 Å². The van der Waals surface area contributed by atoms with Gasteiger partial charge in [-0.1, -0.05) is 12.1 Å². The molecule has 5 N–H and O–H groups in total. The van der Waals surface area contributed by atoms with Crippen molar-refractivity contribution in [1.29, 1.82) is 0 Å². The van der Waals surface area contributed by atoms with Gasteiger partial charge in [0.15, 0.2) is 28.3 Å². The molecule has 1 aliphatic rings. The third-order valence-electron chi connectivity index (χ3n) is 5.57. The summed E-state index contributed by atoms with van der Waals surface area (Å²) in [5.41, 5.74) is -0.389. The maximum absolute atomic E-state index is 13.0. The molecule has 4 rings (SSSR count). The van der Waals surface area contributed by atoms with Crippen molar-refractivity contribution in [3.8, 4) is 34.3 Å². The highest BCUT2D eigenvalue weighted by molar-refractivity contribution is 5.92. The Labute approximate surface area is 192 Å². The van der Waals surface area contributed by atoms with Crippen LogP contribution in [0, 0.1) is 0 Å². The first-order chi connectivity index (χ1) is 16.3. The van der Waals surface area contributed by atoms with Crippen LogP contribution in [-0.4, -0.2) is 77.1 Å². The number of methoxy groups -OCH3 is 2. The number of hydrogen-bond donors (Lipinski definition) is 5. The summed E-state index contributed by atoms with van der Waals surface area (Å²) in [6.07, 6.45) is -7.39. The van der Waals surface area contributed by atoms with Crippen LogP contribution < -0.4 is 19.6 Å². The summed E-state index contributed by atoms with van der Waals surface area (Å²) in [5, 5.41) is 50.1. The van der Waals surface area contributed by atoms with E-state index in [-0.39, 0.29) is 45.3 Å². The van der Waals surface area contributed by atoms with Gasteiger partial charge in [-0.15, -0.1) is 0 Å². The van der Waals surface area contributed by atoms with E-state index in [2.05, 4.69) is 0 Å². The standard InChI is InChI=1S/C23H24O11/c1-30-15-8-12(26)21-17(22(15)31-2)11(25)7-14(32-21)10-5-3-4-6-13(10)33-23-20(29)19(28)18(27)16(9-24)34-23/h3-8,16,18-20,23-24,26-29H,9H2,1-2H3. The second-order valence-corrected chi connectivity index (χ2v) is 7.62. The van der Waals surface area contributed by atoms with Crippen LogP contribution in [0.4, 0.5) is 0 Å². The normalized spacial score (nSPS) is 24.7. The molecule has 1 aromatic heterocycles. The van der Waals surface area contributed by atoms with Gasteiger partial charge in [0, 0.05) is 12.1 Å². The SMILES string of the molecule is COc1cc(O)c2oc(-c3ccccc3OC3OC(CO)C(O)C(O)C3O)cc(=O)c2c1OC. The zero-order valence-electron chi connectivity index (χ0n) is 18.2. The Bertz CT molecular complexity index is 1240. The number of phenolic OH excluding ortho intramolecular Hbond substituents is 1. The number of rotatable bonds is 6. The molecular weight excluding hydrogens is 452 g/mol. The molecule has 0 saturated carbocycles. The van der Waals surface area contributed by atoms with Crippen molar-refractivity contribution in [3.63, 3.8) is 0 Å². The molecule has 0 bridgehead atoms. The first kappa shape index (κ1) is 23.8. The third-order valence-corrected chi connectivity index (χ3v) is 5.57. The predicted octanol–water partition coefficient (Wildman–Crippen LogP) is 0.361. The Morgan fingerprint density at radius 1 is 0.971 bits per heavy atom. The van der Waals surface area contributed by atoms with Crippen LogP contribution >= 0.6 is 0 Å². The van der Waals surface area contributed by atoms with Crippen molar-refractivity contribution in [3.05, 3.63) is 46.6 Å². The molecule has 11 heteroatoms. The third kappa shape index (κ3) is 4.04. The zero-order chi connectivity index (χ0) is 24.6. The summed E-state index contributed by atoms with van der Waals surface area (Å²) in [6.45, 7) is -0.615. The number of phenols is 1. The Morgan fingerprint density at radius 3 is 2.38 bits per heavy atom. The molecule has 2 aromatic carbocycles. The molecule has 2 heterocycles. The topological polar surface area (TPSA) is 168 Å². The van der Waals surface area contributed by atoms with Crippen molar-refractivity contribution in [2.24, 2.45) is 0 Å². The van der Waals surface area contributed by atoms with Crippen molar-refractivity contribution in [1.82, 2.24) is 0 Å². The number of aliphatic hydroxyl groups is 4. The van der Waals surface area contributed by atoms with E-state index in [4.69, 9.17) is 23.4 Å². The first-order valence-corrected chi connectivity index (χ1v) is 10.3. The second kappa shape index (κ2) is 9.49. The molecule has 34 heavy (non-hydrogen) atoms. The molecule has 1 saturated heterocycles. The van der Waals surface area contributed by atoms with Gasteiger partial charge in [0.1, 0.15) is 41.3 Å². The van der Waals surface area contributed by atoms with Gasteiger partial charge in [0.2, 0.25) is 6.29 Å². The van der Waals surface area contributed by atoms with Gasteiger partial charge in [0.05, 0.1) is 26.4 Å². The smallest absolute Gasteiger partial charge is 0.229 e. The average molecular weight is 476 g/mol. The number of fused-ring (bicyclic) bond motifs is 1. The van der Waals surface area contributed by atoms with Crippen LogP contribution in [0.25, 0.3) is 22.3 Å². The Balaban J connectivity index is 1.78. The lowest BCUT2D eigenvalue weighted by Gasteiger charge is -2.39. The lowest BCUT2D eigenvalue weighted by molar-refractivity contribution is -0.277. The van der Waals surface area contributed by atoms with Gasteiger partial charge in [-0.3, -0.25) is 4.79 Å². The Morgan fingerprint density at radius 2 is 1.71 bits per heavy atom. The van der Waals surface area contributed by atoms with Crippen molar-refractivity contribution < 1.29 is 48.9 Å². The van der Waals surface area contributed by atoms with E-state index in [1.165, 1.54) is 32.4 Å².